The third-order valence-corrected chi connectivity index (χ3v) is 6.12. The van der Waals surface area contributed by atoms with Gasteiger partial charge in [0.05, 0.1) is 5.69 Å². The zero-order chi connectivity index (χ0) is 17.5. The average Bonchev–Trinajstić information content (AvgIpc) is 3.15. The Morgan fingerprint density at radius 3 is 2.60 bits per heavy atom. The number of para-hydroxylation sites is 1. The van der Waals surface area contributed by atoms with Crippen LogP contribution in [0.3, 0.4) is 0 Å². The highest BCUT2D eigenvalue weighted by atomic mass is 32.2. The second-order valence-electron chi connectivity index (χ2n) is 6.20. The van der Waals surface area contributed by atoms with Gasteiger partial charge in [0.1, 0.15) is 0 Å². The number of carbonyl (C=O) groups excluding carboxylic acids is 1. The van der Waals surface area contributed by atoms with E-state index in [1.54, 1.807) is 11.8 Å². The average molecular weight is 376 g/mol. The van der Waals surface area contributed by atoms with Gasteiger partial charge in [-0.2, -0.15) is 0 Å². The van der Waals surface area contributed by atoms with E-state index >= 15 is 0 Å². The van der Waals surface area contributed by atoms with Gasteiger partial charge in [-0.05, 0) is 29.8 Å². The van der Waals surface area contributed by atoms with Crippen LogP contribution in [-0.2, 0) is 11.3 Å². The molecule has 1 aliphatic heterocycles. The van der Waals surface area contributed by atoms with Crippen LogP contribution in [0.25, 0.3) is 0 Å². The van der Waals surface area contributed by atoms with E-state index in [0.717, 1.165) is 49.9 Å². The van der Waals surface area contributed by atoms with Crippen molar-refractivity contribution >= 4 is 34.7 Å². The van der Waals surface area contributed by atoms with Gasteiger partial charge in [0.2, 0.25) is 5.91 Å². The lowest BCUT2D eigenvalue weighted by atomic mass is 10.2. The van der Waals surface area contributed by atoms with Crippen molar-refractivity contribution in [2.75, 3.05) is 44.3 Å². The standard InChI is InChI=1S/C19H25N3OS2/c1-24-18-7-3-2-6-17(18)20-19(23)8-9-21-10-12-22(13-11-21)15-16-5-4-14-25-16/h2-7,14H,8-13,15H2,1H3,(H,20,23). The van der Waals surface area contributed by atoms with Crippen LogP contribution in [0.15, 0.2) is 46.7 Å². The number of anilines is 1. The molecule has 0 unspecified atom stereocenters. The van der Waals surface area contributed by atoms with Gasteiger partial charge < -0.3 is 10.2 Å². The van der Waals surface area contributed by atoms with Gasteiger partial charge in [-0.15, -0.1) is 23.1 Å². The summed E-state index contributed by atoms with van der Waals surface area (Å²) < 4.78 is 0. The third kappa shape index (κ3) is 5.57. The maximum absolute atomic E-state index is 12.2. The molecule has 2 aromatic rings. The Balaban J connectivity index is 1.38. The quantitative estimate of drug-likeness (QED) is 0.750. The van der Waals surface area contributed by atoms with E-state index in [4.69, 9.17) is 0 Å². The van der Waals surface area contributed by atoms with Crippen molar-refractivity contribution in [1.29, 1.82) is 0 Å². The molecular formula is C19H25N3OS2. The zero-order valence-corrected chi connectivity index (χ0v) is 16.2. The molecule has 6 heteroatoms. The molecule has 1 fully saturated rings. The molecule has 3 rings (SSSR count). The highest BCUT2D eigenvalue weighted by Gasteiger charge is 2.18. The number of thioether (sulfide) groups is 1. The molecule has 1 aliphatic rings. The van der Waals surface area contributed by atoms with Crippen molar-refractivity contribution in [2.24, 2.45) is 0 Å². The molecule has 0 spiro atoms. The summed E-state index contributed by atoms with van der Waals surface area (Å²) in [4.78, 5) is 19.7. The van der Waals surface area contributed by atoms with Crippen molar-refractivity contribution in [3.05, 3.63) is 46.7 Å². The van der Waals surface area contributed by atoms with Crippen molar-refractivity contribution in [3.63, 3.8) is 0 Å². The molecule has 134 valence electrons. The van der Waals surface area contributed by atoms with E-state index in [2.05, 4.69) is 32.6 Å². The Morgan fingerprint density at radius 2 is 1.88 bits per heavy atom. The number of nitrogens with zero attached hydrogens (tertiary/aromatic N) is 2. The molecule has 1 N–H and O–H groups in total. The Kier molecular flexibility index (Phi) is 6.93. The van der Waals surface area contributed by atoms with Crippen LogP contribution in [0, 0.1) is 0 Å². The van der Waals surface area contributed by atoms with Gasteiger partial charge in [-0.25, -0.2) is 0 Å². The summed E-state index contributed by atoms with van der Waals surface area (Å²) in [6.07, 6.45) is 2.58. The van der Waals surface area contributed by atoms with Gasteiger partial charge in [0.15, 0.2) is 0 Å². The van der Waals surface area contributed by atoms with E-state index in [-0.39, 0.29) is 5.91 Å². The monoisotopic (exact) mass is 375 g/mol. The van der Waals surface area contributed by atoms with Gasteiger partial charge in [0.25, 0.3) is 0 Å². The molecule has 1 aromatic heterocycles. The van der Waals surface area contributed by atoms with E-state index in [1.165, 1.54) is 4.88 Å². The van der Waals surface area contributed by atoms with E-state index < -0.39 is 0 Å². The highest BCUT2D eigenvalue weighted by molar-refractivity contribution is 7.98. The van der Waals surface area contributed by atoms with Crippen molar-refractivity contribution in [3.8, 4) is 0 Å². The summed E-state index contributed by atoms with van der Waals surface area (Å²) in [6.45, 7) is 6.13. The number of piperazine rings is 1. The zero-order valence-electron chi connectivity index (χ0n) is 14.6. The van der Waals surface area contributed by atoms with Crippen LogP contribution in [-0.4, -0.2) is 54.7 Å². The minimum Gasteiger partial charge on any atom is -0.325 e. The molecule has 0 radical (unpaired) electrons. The minimum atomic E-state index is 0.0996. The number of benzene rings is 1. The molecule has 4 nitrogen and oxygen atoms in total. The summed E-state index contributed by atoms with van der Waals surface area (Å²) in [7, 11) is 0. The fourth-order valence-corrected chi connectivity index (χ4v) is 4.31. The number of amides is 1. The van der Waals surface area contributed by atoms with Crippen LogP contribution < -0.4 is 5.32 Å². The molecule has 2 heterocycles. The first-order valence-corrected chi connectivity index (χ1v) is 10.7. The van der Waals surface area contributed by atoms with Crippen LogP contribution in [0.4, 0.5) is 5.69 Å². The molecule has 1 saturated heterocycles. The van der Waals surface area contributed by atoms with Gasteiger partial charge >= 0.3 is 0 Å². The first-order valence-electron chi connectivity index (χ1n) is 8.64. The lowest BCUT2D eigenvalue weighted by Crippen LogP contribution is -2.46. The Morgan fingerprint density at radius 1 is 1.12 bits per heavy atom. The summed E-state index contributed by atoms with van der Waals surface area (Å²) in [5, 5.41) is 5.18. The van der Waals surface area contributed by atoms with Gasteiger partial charge in [-0.1, -0.05) is 18.2 Å². The molecule has 0 atom stereocenters. The maximum atomic E-state index is 12.2. The number of nitrogens with one attached hydrogen (secondary N) is 1. The van der Waals surface area contributed by atoms with Gasteiger partial charge in [-0.3, -0.25) is 9.69 Å². The Labute approximate surface area is 158 Å². The first kappa shape index (κ1) is 18.5. The fourth-order valence-electron chi connectivity index (χ4n) is 3.01. The number of carbonyl (C=O) groups is 1. The number of thiophene rings is 1. The lowest BCUT2D eigenvalue weighted by Gasteiger charge is -2.34. The lowest BCUT2D eigenvalue weighted by molar-refractivity contribution is -0.116. The SMILES string of the molecule is CSc1ccccc1NC(=O)CCN1CCN(Cc2cccs2)CC1. The topological polar surface area (TPSA) is 35.6 Å². The molecule has 1 aromatic carbocycles. The Hall–Kier alpha value is -1.34. The molecule has 0 bridgehead atoms. The molecule has 25 heavy (non-hydrogen) atoms. The predicted octanol–water partition coefficient (Wildman–Crippen LogP) is 3.62. The van der Waals surface area contributed by atoms with Crippen LogP contribution >= 0.6 is 23.1 Å². The molecular weight excluding hydrogens is 350 g/mol. The molecule has 0 saturated carbocycles. The first-order chi connectivity index (χ1) is 12.2. The molecule has 0 aliphatic carbocycles. The third-order valence-electron chi connectivity index (χ3n) is 4.46. The number of rotatable bonds is 7. The van der Waals surface area contributed by atoms with Crippen LogP contribution in [0.2, 0.25) is 0 Å². The summed E-state index contributed by atoms with van der Waals surface area (Å²) in [5.41, 5.74) is 0.917. The normalized spacial score (nSPS) is 16.0. The summed E-state index contributed by atoms with van der Waals surface area (Å²) in [6, 6.07) is 12.3. The smallest absolute Gasteiger partial charge is 0.225 e. The second kappa shape index (κ2) is 9.38. The second-order valence-corrected chi connectivity index (χ2v) is 8.08. The molecule has 1 amide bonds. The van der Waals surface area contributed by atoms with Crippen molar-refractivity contribution < 1.29 is 4.79 Å². The highest BCUT2D eigenvalue weighted by Crippen LogP contribution is 2.24. The van der Waals surface area contributed by atoms with Crippen molar-refractivity contribution in [1.82, 2.24) is 9.80 Å². The van der Waals surface area contributed by atoms with E-state index in [0.29, 0.717) is 6.42 Å². The van der Waals surface area contributed by atoms with Crippen molar-refractivity contribution in [2.45, 2.75) is 17.9 Å². The van der Waals surface area contributed by atoms with E-state index in [9.17, 15) is 4.79 Å². The number of hydrogen-bond donors (Lipinski definition) is 1. The summed E-state index contributed by atoms with van der Waals surface area (Å²) >= 11 is 3.48. The summed E-state index contributed by atoms with van der Waals surface area (Å²) in [5.74, 6) is 0.0996. The predicted molar refractivity (Wildman–Crippen MR) is 108 cm³/mol. The largest absolute Gasteiger partial charge is 0.325 e. The van der Waals surface area contributed by atoms with Gasteiger partial charge in [0, 0.05) is 55.5 Å². The maximum Gasteiger partial charge on any atom is 0.225 e. The van der Waals surface area contributed by atoms with Crippen LogP contribution in [0.5, 0.6) is 0 Å². The number of hydrogen-bond acceptors (Lipinski definition) is 5. The minimum absolute atomic E-state index is 0.0996. The Bertz CT molecular complexity index is 667. The fraction of sp³-hybridized carbons (Fsp3) is 0.421. The van der Waals surface area contributed by atoms with E-state index in [1.807, 2.05) is 41.9 Å². The van der Waals surface area contributed by atoms with Crippen LogP contribution in [0.1, 0.15) is 11.3 Å².